The predicted molar refractivity (Wildman–Crippen MR) is 86.2 cm³/mol. The molecule has 1 aliphatic heterocycles. The highest BCUT2D eigenvalue weighted by atomic mass is 32.2. The second-order valence-electron chi connectivity index (χ2n) is 5.37. The third-order valence-corrected chi connectivity index (χ3v) is 5.37. The molecule has 1 aliphatic rings. The standard InChI is InChI=1S/C15H25N3O2S/c1-3-11-18(13-7-6-10-17-12-13)14-8-4-5-9-15(14)21(19,20)16-2/h4-5,8-9,13,16-17H,3,6-7,10-12H2,1-2H3. The zero-order valence-electron chi connectivity index (χ0n) is 12.8. The van der Waals surface area contributed by atoms with Crippen LogP contribution in [-0.2, 0) is 10.0 Å². The fourth-order valence-corrected chi connectivity index (χ4v) is 3.81. The molecule has 0 amide bonds. The number of para-hydroxylation sites is 1. The number of nitrogens with one attached hydrogen (secondary N) is 2. The first kappa shape index (κ1) is 16.3. The van der Waals surface area contributed by atoms with Gasteiger partial charge in [-0.1, -0.05) is 19.1 Å². The van der Waals surface area contributed by atoms with Crippen molar-refractivity contribution in [2.75, 3.05) is 31.6 Å². The lowest BCUT2D eigenvalue weighted by Gasteiger charge is -2.37. The largest absolute Gasteiger partial charge is 0.366 e. The number of nitrogens with zero attached hydrogens (tertiary/aromatic N) is 1. The van der Waals surface area contributed by atoms with Crippen LogP contribution in [0.5, 0.6) is 0 Å². The van der Waals surface area contributed by atoms with Gasteiger partial charge in [0.15, 0.2) is 0 Å². The first-order valence-electron chi connectivity index (χ1n) is 7.60. The van der Waals surface area contributed by atoms with Crippen molar-refractivity contribution in [1.82, 2.24) is 10.0 Å². The fourth-order valence-electron chi connectivity index (χ4n) is 2.87. The summed E-state index contributed by atoms with van der Waals surface area (Å²) in [5, 5.41) is 3.41. The van der Waals surface area contributed by atoms with E-state index in [1.807, 2.05) is 12.1 Å². The minimum absolute atomic E-state index is 0.354. The summed E-state index contributed by atoms with van der Waals surface area (Å²) < 4.78 is 26.9. The van der Waals surface area contributed by atoms with Gasteiger partial charge < -0.3 is 10.2 Å². The van der Waals surface area contributed by atoms with Crippen LogP contribution in [0, 0.1) is 0 Å². The summed E-state index contributed by atoms with van der Waals surface area (Å²) in [5.74, 6) is 0. The van der Waals surface area contributed by atoms with E-state index in [1.165, 1.54) is 7.05 Å². The number of sulfonamides is 1. The zero-order valence-corrected chi connectivity index (χ0v) is 13.6. The first-order valence-corrected chi connectivity index (χ1v) is 9.08. The minimum Gasteiger partial charge on any atom is -0.366 e. The van der Waals surface area contributed by atoms with Crippen LogP contribution < -0.4 is 14.9 Å². The maximum atomic E-state index is 12.3. The van der Waals surface area contributed by atoms with Crippen LogP contribution in [0.1, 0.15) is 26.2 Å². The summed E-state index contributed by atoms with van der Waals surface area (Å²) in [6.07, 6.45) is 3.22. The van der Waals surface area contributed by atoms with Crippen LogP contribution in [0.2, 0.25) is 0 Å². The molecule has 1 aromatic rings. The van der Waals surface area contributed by atoms with Gasteiger partial charge in [-0.2, -0.15) is 0 Å². The van der Waals surface area contributed by atoms with Gasteiger partial charge in [0.05, 0.1) is 5.69 Å². The Hall–Kier alpha value is -1.11. The smallest absolute Gasteiger partial charge is 0.242 e. The zero-order chi connectivity index (χ0) is 15.3. The van der Waals surface area contributed by atoms with Crippen molar-refractivity contribution in [3.63, 3.8) is 0 Å². The van der Waals surface area contributed by atoms with Crippen LogP contribution in [-0.4, -0.2) is 41.1 Å². The highest BCUT2D eigenvalue weighted by Gasteiger charge is 2.26. The van der Waals surface area contributed by atoms with Gasteiger partial charge in [-0.05, 0) is 45.0 Å². The molecule has 0 saturated carbocycles. The lowest BCUT2D eigenvalue weighted by molar-refractivity contribution is 0.429. The van der Waals surface area contributed by atoms with Crippen molar-refractivity contribution in [3.8, 4) is 0 Å². The maximum Gasteiger partial charge on any atom is 0.242 e. The average Bonchev–Trinajstić information content (AvgIpc) is 2.53. The number of rotatable bonds is 6. The second-order valence-corrected chi connectivity index (χ2v) is 7.22. The Balaban J connectivity index is 2.40. The van der Waals surface area contributed by atoms with Gasteiger partial charge in [0.25, 0.3) is 0 Å². The molecule has 0 aliphatic carbocycles. The molecule has 6 heteroatoms. The molecule has 118 valence electrons. The highest BCUT2D eigenvalue weighted by molar-refractivity contribution is 7.89. The highest BCUT2D eigenvalue weighted by Crippen LogP contribution is 2.28. The Morgan fingerprint density at radius 2 is 2.14 bits per heavy atom. The number of anilines is 1. The summed E-state index contributed by atoms with van der Waals surface area (Å²) in [6, 6.07) is 7.63. The van der Waals surface area contributed by atoms with E-state index in [0.717, 1.165) is 44.6 Å². The molecule has 0 bridgehead atoms. The van der Waals surface area contributed by atoms with Crippen molar-refractivity contribution < 1.29 is 8.42 Å². The molecule has 1 unspecified atom stereocenters. The molecule has 1 fully saturated rings. The molecule has 1 heterocycles. The molecular formula is C15H25N3O2S. The van der Waals surface area contributed by atoms with Gasteiger partial charge in [0.2, 0.25) is 10.0 Å². The van der Waals surface area contributed by atoms with Gasteiger partial charge in [-0.25, -0.2) is 13.1 Å². The molecule has 21 heavy (non-hydrogen) atoms. The minimum atomic E-state index is -3.44. The Morgan fingerprint density at radius 1 is 1.38 bits per heavy atom. The molecule has 0 aromatic heterocycles. The van der Waals surface area contributed by atoms with Crippen molar-refractivity contribution in [2.45, 2.75) is 37.1 Å². The van der Waals surface area contributed by atoms with Gasteiger partial charge in [-0.15, -0.1) is 0 Å². The van der Waals surface area contributed by atoms with Gasteiger partial charge in [0, 0.05) is 19.1 Å². The van der Waals surface area contributed by atoms with Crippen LogP contribution in [0.15, 0.2) is 29.2 Å². The van der Waals surface area contributed by atoms with E-state index in [-0.39, 0.29) is 0 Å². The summed E-state index contributed by atoms with van der Waals surface area (Å²) in [7, 11) is -1.99. The molecule has 5 nitrogen and oxygen atoms in total. The maximum absolute atomic E-state index is 12.3. The molecule has 0 radical (unpaired) electrons. The van der Waals surface area contributed by atoms with E-state index in [9.17, 15) is 8.42 Å². The van der Waals surface area contributed by atoms with E-state index in [0.29, 0.717) is 10.9 Å². The fraction of sp³-hybridized carbons (Fsp3) is 0.600. The van der Waals surface area contributed by atoms with E-state index < -0.39 is 10.0 Å². The Bertz CT molecular complexity index is 554. The van der Waals surface area contributed by atoms with Crippen LogP contribution >= 0.6 is 0 Å². The number of hydrogen-bond acceptors (Lipinski definition) is 4. The summed E-state index contributed by atoms with van der Waals surface area (Å²) in [5.41, 5.74) is 0.808. The molecule has 1 saturated heterocycles. The Kier molecular flexibility index (Phi) is 5.61. The third-order valence-electron chi connectivity index (χ3n) is 3.91. The quantitative estimate of drug-likeness (QED) is 0.837. The molecule has 2 rings (SSSR count). The lowest BCUT2D eigenvalue weighted by Crippen LogP contribution is -2.47. The SMILES string of the molecule is CCCN(c1ccccc1S(=O)(=O)NC)C1CCCNC1. The Labute approximate surface area is 127 Å². The molecule has 0 spiro atoms. The molecular weight excluding hydrogens is 286 g/mol. The van der Waals surface area contributed by atoms with E-state index in [4.69, 9.17) is 0 Å². The topological polar surface area (TPSA) is 61.4 Å². The van der Waals surface area contributed by atoms with Gasteiger partial charge >= 0.3 is 0 Å². The Morgan fingerprint density at radius 3 is 2.76 bits per heavy atom. The normalized spacial score (nSPS) is 19.4. The number of piperidine rings is 1. The number of hydrogen-bond donors (Lipinski definition) is 2. The van der Waals surface area contributed by atoms with E-state index >= 15 is 0 Å². The van der Waals surface area contributed by atoms with Crippen molar-refractivity contribution in [1.29, 1.82) is 0 Å². The van der Waals surface area contributed by atoms with Crippen molar-refractivity contribution >= 4 is 15.7 Å². The second kappa shape index (κ2) is 7.24. The van der Waals surface area contributed by atoms with E-state index in [1.54, 1.807) is 12.1 Å². The van der Waals surface area contributed by atoms with Gasteiger partial charge in [-0.3, -0.25) is 0 Å². The lowest BCUT2D eigenvalue weighted by atomic mass is 10.0. The number of benzene rings is 1. The first-order chi connectivity index (χ1) is 10.1. The van der Waals surface area contributed by atoms with Crippen molar-refractivity contribution in [3.05, 3.63) is 24.3 Å². The molecule has 1 aromatic carbocycles. The monoisotopic (exact) mass is 311 g/mol. The summed E-state index contributed by atoms with van der Waals surface area (Å²) in [6.45, 7) is 4.95. The average molecular weight is 311 g/mol. The van der Waals surface area contributed by atoms with E-state index in [2.05, 4.69) is 21.9 Å². The third kappa shape index (κ3) is 3.75. The predicted octanol–water partition coefficient (Wildman–Crippen LogP) is 1.56. The van der Waals surface area contributed by atoms with Crippen LogP contribution in [0.4, 0.5) is 5.69 Å². The van der Waals surface area contributed by atoms with Crippen LogP contribution in [0.25, 0.3) is 0 Å². The summed E-state index contributed by atoms with van der Waals surface area (Å²) >= 11 is 0. The summed E-state index contributed by atoms with van der Waals surface area (Å²) in [4.78, 5) is 2.61. The molecule has 2 N–H and O–H groups in total. The molecule has 1 atom stereocenters. The van der Waals surface area contributed by atoms with Crippen molar-refractivity contribution in [2.24, 2.45) is 0 Å². The van der Waals surface area contributed by atoms with Gasteiger partial charge in [0.1, 0.15) is 4.90 Å². The van der Waals surface area contributed by atoms with Crippen LogP contribution in [0.3, 0.4) is 0 Å².